The molecule has 1 aliphatic heterocycles. The number of hydrogen-bond acceptors (Lipinski definition) is 9. The number of aromatic nitrogens is 6. The summed E-state index contributed by atoms with van der Waals surface area (Å²) in [5.41, 5.74) is 6.35. The summed E-state index contributed by atoms with van der Waals surface area (Å²) in [4.78, 5) is 35.9. The van der Waals surface area contributed by atoms with Gasteiger partial charge < -0.3 is 16.4 Å². The number of nitrogens with one attached hydrogen (secondary N) is 2. The number of amides is 1. The van der Waals surface area contributed by atoms with Crippen LogP contribution < -0.4 is 22.1 Å². The Bertz CT molecular complexity index is 1470. The number of benzene rings is 1. The highest BCUT2D eigenvalue weighted by Crippen LogP contribution is 2.44. The molecule has 1 aliphatic carbocycles. The summed E-state index contributed by atoms with van der Waals surface area (Å²) in [5.74, 6) is -0.679. The van der Waals surface area contributed by atoms with Crippen molar-refractivity contribution in [3.05, 3.63) is 45.8 Å². The molecule has 0 atom stereocenters. The van der Waals surface area contributed by atoms with Crippen molar-refractivity contribution in [2.75, 3.05) is 17.7 Å². The normalized spacial score (nSPS) is 19.2. The topological polar surface area (TPSA) is 149 Å². The highest BCUT2D eigenvalue weighted by molar-refractivity contribution is 5.97. The molecule has 208 valence electrons. The predicted molar refractivity (Wildman–Crippen MR) is 145 cm³/mol. The molecule has 2 fully saturated rings. The van der Waals surface area contributed by atoms with Crippen LogP contribution in [0.4, 0.5) is 21.8 Å². The molecule has 39 heavy (non-hydrogen) atoms. The van der Waals surface area contributed by atoms with E-state index in [0.717, 1.165) is 35.0 Å². The average molecular weight is 539 g/mol. The number of rotatable bonds is 7. The molecule has 0 bridgehead atoms. The van der Waals surface area contributed by atoms with Gasteiger partial charge in [0.05, 0.1) is 16.9 Å². The predicted octanol–water partition coefficient (Wildman–Crippen LogP) is 2.68. The van der Waals surface area contributed by atoms with Gasteiger partial charge in [0.1, 0.15) is 11.6 Å². The van der Waals surface area contributed by atoms with Gasteiger partial charge in [-0.3, -0.25) is 9.69 Å². The van der Waals surface area contributed by atoms with Crippen molar-refractivity contribution in [2.24, 2.45) is 12.8 Å². The first-order valence-electron chi connectivity index (χ1n) is 13.0. The Labute approximate surface area is 225 Å². The monoisotopic (exact) mass is 538 g/mol. The second-order valence-corrected chi connectivity index (χ2v) is 11.8. The Balaban J connectivity index is 1.48. The minimum absolute atomic E-state index is 0.0109. The number of hydrogen-bond donors (Lipinski definition) is 3. The van der Waals surface area contributed by atoms with E-state index in [0.29, 0.717) is 11.3 Å². The fourth-order valence-corrected chi connectivity index (χ4v) is 5.56. The largest absolute Gasteiger partial charge is 0.368 e. The highest BCUT2D eigenvalue weighted by atomic mass is 19.1. The fraction of sp³-hybridized carbons (Fsp3) is 0.538. The van der Waals surface area contributed by atoms with Crippen LogP contribution in [0.2, 0.25) is 0 Å². The van der Waals surface area contributed by atoms with Gasteiger partial charge in [-0.15, -0.1) is 0 Å². The van der Waals surface area contributed by atoms with Gasteiger partial charge in [-0.05, 0) is 94.5 Å². The molecule has 1 saturated carbocycles. The van der Waals surface area contributed by atoms with E-state index in [9.17, 15) is 9.59 Å². The third-order valence-electron chi connectivity index (χ3n) is 8.03. The summed E-state index contributed by atoms with van der Waals surface area (Å²) in [7, 11) is 3.62. The van der Waals surface area contributed by atoms with Crippen molar-refractivity contribution in [1.29, 1.82) is 0 Å². The first-order chi connectivity index (χ1) is 18.3. The number of likely N-dealkylation sites (tertiary alicyclic amines) is 1. The molecule has 13 heteroatoms. The molecular weight excluding hydrogens is 503 g/mol. The lowest BCUT2D eigenvalue weighted by Gasteiger charge is -2.53. The Hall–Kier alpha value is -3.87. The van der Waals surface area contributed by atoms with Crippen LogP contribution in [0.25, 0.3) is 5.69 Å². The minimum Gasteiger partial charge on any atom is -0.366 e. The van der Waals surface area contributed by atoms with Gasteiger partial charge in [-0.1, -0.05) is 0 Å². The van der Waals surface area contributed by atoms with Crippen LogP contribution in [0.1, 0.15) is 75.2 Å². The van der Waals surface area contributed by atoms with E-state index in [4.69, 9.17) is 5.73 Å². The Morgan fingerprint density at radius 3 is 2.33 bits per heavy atom. The highest BCUT2D eigenvalue weighted by Gasteiger charge is 2.43. The third-order valence-corrected chi connectivity index (χ3v) is 8.03. The molecular formula is C26H35FN10O2. The molecule has 12 nitrogen and oxygen atoms in total. The zero-order valence-electron chi connectivity index (χ0n) is 23.1. The number of nitrogens with zero attached hydrogens (tertiary/aromatic N) is 7. The van der Waals surface area contributed by atoms with Crippen molar-refractivity contribution in [2.45, 2.75) is 76.4 Å². The maximum Gasteiger partial charge on any atom is 0.368 e. The van der Waals surface area contributed by atoms with E-state index in [1.165, 1.54) is 25.4 Å². The quantitative estimate of drug-likeness (QED) is 0.413. The number of halogens is 1. The molecule has 4 N–H and O–H groups in total. The second-order valence-electron chi connectivity index (χ2n) is 11.8. The Kier molecular flexibility index (Phi) is 6.44. The van der Waals surface area contributed by atoms with Crippen molar-refractivity contribution in [3.63, 3.8) is 0 Å². The zero-order valence-corrected chi connectivity index (χ0v) is 23.1. The van der Waals surface area contributed by atoms with E-state index in [-0.39, 0.29) is 46.1 Å². The first-order valence-corrected chi connectivity index (χ1v) is 13.0. The van der Waals surface area contributed by atoms with Crippen molar-refractivity contribution >= 4 is 23.4 Å². The number of aryl methyl sites for hydroxylation is 1. The molecule has 2 aromatic heterocycles. The maximum absolute atomic E-state index is 15.3. The van der Waals surface area contributed by atoms with Crippen molar-refractivity contribution < 1.29 is 9.18 Å². The van der Waals surface area contributed by atoms with Gasteiger partial charge in [-0.2, -0.15) is 14.3 Å². The smallest absolute Gasteiger partial charge is 0.366 e. The van der Waals surface area contributed by atoms with E-state index in [2.05, 4.69) is 70.7 Å². The number of tetrazole rings is 1. The average Bonchev–Trinajstić information content (AvgIpc) is 3.63. The van der Waals surface area contributed by atoms with E-state index in [1.54, 1.807) is 0 Å². The number of nitrogens with two attached hydrogens (primary N) is 1. The molecule has 0 unspecified atom stereocenters. The van der Waals surface area contributed by atoms with Crippen LogP contribution in [-0.4, -0.2) is 64.7 Å². The minimum atomic E-state index is -0.667. The Morgan fingerprint density at radius 2 is 1.77 bits per heavy atom. The second kappa shape index (κ2) is 9.40. The van der Waals surface area contributed by atoms with Gasteiger partial charge in [0.2, 0.25) is 5.95 Å². The molecule has 0 radical (unpaired) electrons. The lowest BCUT2D eigenvalue weighted by Crippen LogP contribution is -2.61. The SMILES string of the molecule is CN1C(C)(C)CC(Nc2nc(Nc3cc(-n4nnn(C)c4=O)c(C4CC4)cc3F)ncc2C(N)=O)CC1(C)C. The lowest BCUT2D eigenvalue weighted by molar-refractivity contribution is -0.00772. The number of carbonyl (C=O) groups excluding carboxylic acids is 1. The summed E-state index contributed by atoms with van der Waals surface area (Å²) in [6, 6.07) is 2.94. The number of primary amides is 1. The van der Waals surface area contributed by atoms with Gasteiger partial charge in [0.15, 0.2) is 0 Å². The Morgan fingerprint density at radius 1 is 1.10 bits per heavy atom. The van der Waals surface area contributed by atoms with Gasteiger partial charge in [-0.25, -0.2) is 14.2 Å². The van der Waals surface area contributed by atoms with Crippen LogP contribution in [0.15, 0.2) is 23.1 Å². The molecule has 1 aromatic carbocycles. The number of carbonyl (C=O) groups is 1. The van der Waals surface area contributed by atoms with Gasteiger partial charge in [0, 0.05) is 30.4 Å². The summed E-state index contributed by atoms with van der Waals surface area (Å²) < 4.78 is 17.5. The third kappa shape index (κ3) is 5.10. The van der Waals surface area contributed by atoms with E-state index in [1.807, 2.05) is 0 Å². The molecule has 2 aliphatic rings. The lowest BCUT2D eigenvalue weighted by atomic mass is 9.77. The van der Waals surface area contributed by atoms with Crippen LogP contribution in [0.5, 0.6) is 0 Å². The summed E-state index contributed by atoms with van der Waals surface area (Å²) in [6.07, 6.45) is 4.77. The summed E-state index contributed by atoms with van der Waals surface area (Å²) in [5, 5.41) is 14.0. The van der Waals surface area contributed by atoms with Crippen LogP contribution in [0, 0.1) is 5.82 Å². The maximum atomic E-state index is 15.3. The standard InChI is InChI=1S/C26H35FN10O2/c1-25(2)11-15(12-26(3,4)36(25)6)30-22-17(21(28)38)13-29-23(32-22)31-19-10-20(37-24(39)35(5)33-34-37)16(9-18(19)27)14-7-8-14/h9-10,13-15H,7-8,11-12H2,1-6H3,(H2,28,38)(H2,29,30,31,32). The van der Waals surface area contributed by atoms with Crippen LogP contribution in [0.3, 0.4) is 0 Å². The van der Waals surface area contributed by atoms with E-state index >= 15 is 4.39 Å². The zero-order chi connectivity index (χ0) is 28.3. The summed E-state index contributed by atoms with van der Waals surface area (Å²) in [6.45, 7) is 8.72. The van der Waals surface area contributed by atoms with Crippen molar-refractivity contribution in [1.82, 2.24) is 34.7 Å². The van der Waals surface area contributed by atoms with Crippen LogP contribution >= 0.6 is 0 Å². The number of piperidine rings is 1. The van der Waals surface area contributed by atoms with Crippen molar-refractivity contribution in [3.8, 4) is 5.69 Å². The fourth-order valence-electron chi connectivity index (χ4n) is 5.56. The molecule has 1 amide bonds. The molecule has 0 spiro atoms. The molecule has 3 aromatic rings. The van der Waals surface area contributed by atoms with Gasteiger partial charge >= 0.3 is 5.69 Å². The number of anilines is 3. The van der Waals surface area contributed by atoms with Gasteiger partial charge in [0.25, 0.3) is 5.91 Å². The van der Waals surface area contributed by atoms with Crippen LogP contribution in [-0.2, 0) is 7.05 Å². The molecule has 5 rings (SSSR count). The first kappa shape index (κ1) is 26.7. The summed E-state index contributed by atoms with van der Waals surface area (Å²) >= 11 is 0. The molecule has 3 heterocycles. The molecule has 1 saturated heterocycles. The van der Waals surface area contributed by atoms with E-state index < -0.39 is 17.4 Å².